The van der Waals surface area contributed by atoms with Crippen molar-refractivity contribution in [3.8, 4) is 0 Å². The predicted molar refractivity (Wildman–Crippen MR) is 92.0 cm³/mol. The SMILES string of the molecule is CCC(=O)P(=O)(OC(C(C)C)C(C)C)OC(C(C)C)C(C)C. The molecular weight excluding hydrogens is 299 g/mol. The normalized spacial score (nSPS) is 13.4. The van der Waals surface area contributed by atoms with Gasteiger partial charge in [-0.1, -0.05) is 62.3 Å². The van der Waals surface area contributed by atoms with E-state index in [-0.39, 0.29) is 42.3 Å². The lowest BCUT2D eigenvalue weighted by molar-refractivity contribution is -0.115. The van der Waals surface area contributed by atoms with Crippen molar-refractivity contribution in [3.63, 3.8) is 0 Å². The lowest BCUT2D eigenvalue weighted by Crippen LogP contribution is -2.30. The van der Waals surface area contributed by atoms with Gasteiger partial charge >= 0.3 is 7.60 Å². The third kappa shape index (κ3) is 6.14. The largest absolute Gasteiger partial charge is 0.397 e. The molecule has 0 bridgehead atoms. The molecule has 0 aromatic rings. The van der Waals surface area contributed by atoms with E-state index in [1.165, 1.54) is 0 Å². The van der Waals surface area contributed by atoms with Crippen LogP contribution < -0.4 is 0 Å². The molecule has 5 heteroatoms. The van der Waals surface area contributed by atoms with Crippen molar-refractivity contribution in [2.24, 2.45) is 23.7 Å². The van der Waals surface area contributed by atoms with Crippen LogP contribution in [0.4, 0.5) is 0 Å². The van der Waals surface area contributed by atoms with Crippen molar-refractivity contribution in [1.29, 1.82) is 0 Å². The van der Waals surface area contributed by atoms with E-state index >= 15 is 0 Å². The van der Waals surface area contributed by atoms with Crippen LogP contribution in [0.25, 0.3) is 0 Å². The topological polar surface area (TPSA) is 52.6 Å². The van der Waals surface area contributed by atoms with Crippen molar-refractivity contribution >= 4 is 13.1 Å². The van der Waals surface area contributed by atoms with Crippen LogP contribution >= 0.6 is 7.60 Å². The molecule has 0 saturated carbocycles. The molecule has 0 atom stereocenters. The summed E-state index contributed by atoms with van der Waals surface area (Å²) >= 11 is 0. The Labute approximate surface area is 136 Å². The molecule has 0 N–H and O–H groups in total. The molecule has 0 radical (unpaired) electrons. The van der Waals surface area contributed by atoms with Crippen LogP contribution in [-0.2, 0) is 18.4 Å². The first-order valence-corrected chi connectivity index (χ1v) is 10.0. The minimum absolute atomic E-state index is 0.156. The predicted octanol–water partition coefficient (Wildman–Crippen LogP) is 5.51. The quantitative estimate of drug-likeness (QED) is 0.494. The Bertz CT molecular complexity index is 346. The molecule has 0 fully saturated rings. The van der Waals surface area contributed by atoms with Crippen LogP contribution in [-0.4, -0.2) is 17.7 Å². The van der Waals surface area contributed by atoms with Gasteiger partial charge in [-0.15, -0.1) is 0 Å². The summed E-state index contributed by atoms with van der Waals surface area (Å²) in [5.74, 6) is 0.660. The maximum atomic E-state index is 13.2. The van der Waals surface area contributed by atoms with Crippen LogP contribution in [0.1, 0.15) is 68.7 Å². The molecule has 0 spiro atoms. The van der Waals surface area contributed by atoms with E-state index in [4.69, 9.17) is 9.05 Å². The van der Waals surface area contributed by atoms with E-state index in [2.05, 4.69) is 0 Å². The zero-order valence-corrected chi connectivity index (χ0v) is 16.6. The van der Waals surface area contributed by atoms with Gasteiger partial charge in [0.1, 0.15) is 0 Å². The van der Waals surface area contributed by atoms with Crippen molar-refractivity contribution in [2.45, 2.75) is 80.9 Å². The van der Waals surface area contributed by atoms with E-state index in [0.717, 1.165) is 0 Å². The maximum absolute atomic E-state index is 13.2. The first-order valence-electron chi connectivity index (χ1n) is 8.46. The van der Waals surface area contributed by atoms with Gasteiger partial charge in [-0.2, -0.15) is 0 Å². The van der Waals surface area contributed by atoms with Crippen molar-refractivity contribution in [3.05, 3.63) is 0 Å². The van der Waals surface area contributed by atoms with Gasteiger partial charge in [0.05, 0.1) is 12.2 Å². The Kier molecular flexibility index (Phi) is 9.12. The maximum Gasteiger partial charge on any atom is 0.397 e. The van der Waals surface area contributed by atoms with Crippen LogP contribution in [0.15, 0.2) is 0 Å². The fourth-order valence-corrected chi connectivity index (χ4v) is 4.97. The van der Waals surface area contributed by atoms with Crippen molar-refractivity contribution in [2.75, 3.05) is 0 Å². The third-order valence-corrected chi connectivity index (χ3v) is 5.73. The molecule has 22 heavy (non-hydrogen) atoms. The molecule has 0 rings (SSSR count). The molecule has 0 aliphatic carbocycles. The second-order valence-corrected chi connectivity index (χ2v) is 9.28. The standard InChI is InChI=1S/C17H35O4P/c1-10-15(18)22(19,20-16(11(2)3)12(4)5)21-17(13(6)7)14(8)9/h11-14,16-17H,10H2,1-9H3. The summed E-state index contributed by atoms with van der Waals surface area (Å²) in [4.78, 5) is 12.3. The second kappa shape index (κ2) is 9.20. The molecule has 0 amide bonds. The van der Waals surface area contributed by atoms with Crippen LogP contribution in [0.5, 0.6) is 0 Å². The highest BCUT2D eigenvalue weighted by molar-refractivity contribution is 7.71. The lowest BCUT2D eigenvalue weighted by atomic mass is 9.97. The molecule has 0 saturated heterocycles. The van der Waals surface area contributed by atoms with Crippen molar-refractivity contribution in [1.82, 2.24) is 0 Å². The van der Waals surface area contributed by atoms with Crippen LogP contribution in [0, 0.1) is 23.7 Å². The Balaban J connectivity index is 5.49. The second-order valence-electron chi connectivity index (χ2n) is 7.36. The monoisotopic (exact) mass is 334 g/mol. The minimum atomic E-state index is -3.78. The molecule has 0 unspecified atom stereocenters. The molecule has 4 nitrogen and oxygen atoms in total. The highest BCUT2D eigenvalue weighted by atomic mass is 31.2. The molecule has 0 heterocycles. The molecular formula is C17H35O4P. The fraction of sp³-hybridized carbons (Fsp3) is 0.941. The number of carbonyl (C=O) groups is 1. The summed E-state index contributed by atoms with van der Waals surface area (Å²) in [5, 5.41) is 0. The van der Waals surface area contributed by atoms with Gasteiger partial charge in [0.25, 0.3) is 0 Å². The van der Waals surface area contributed by atoms with Crippen LogP contribution in [0.2, 0.25) is 0 Å². The van der Waals surface area contributed by atoms with Gasteiger partial charge in [-0.05, 0) is 23.7 Å². The van der Waals surface area contributed by atoms with Gasteiger partial charge in [0, 0.05) is 6.42 Å². The molecule has 0 aromatic heterocycles. The summed E-state index contributed by atoms with van der Waals surface area (Å²) in [7, 11) is -3.78. The molecule has 0 aliphatic heterocycles. The summed E-state index contributed by atoms with van der Waals surface area (Å²) < 4.78 is 24.8. The average molecular weight is 334 g/mol. The van der Waals surface area contributed by atoms with Gasteiger partial charge in [-0.3, -0.25) is 18.4 Å². The average Bonchev–Trinajstić information content (AvgIpc) is 2.39. The van der Waals surface area contributed by atoms with E-state index in [0.29, 0.717) is 0 Å². The zero-order valence-electron chi connectivity index (χ0n) is 15.8. The Hall–Kier alpha value is -0.180. The number of hydrogen-bond donors (Lipinski definition) is 0. The number of rotatable bonds is 10. The number of hydrogen-bond acceptors (Lipinski definition) is 4. The van der Waals surface area contributed by atoms with Crippen molar-refractivity contribution < 1.29 is 18.4 Å². The number of carbonyl (C=O) groups excluding carboxylic acids is 1. The zero-order chi connectivity index (χ0) is 17.7. The van der Waals surface area contributed by atoms with E-state index in [1.807, 2.05) is 55.4 Å². The van der Waals surface area contributed by atoms with Gasteiger partial charge < -0.3 is 0 Å². The van der Waals surface area contributed by atoms with E-state index in [9.17, 15) is 9.36 Å². The highest BCUT2D eigenvalue weighted by Crippen LogP contribution is 2.55. The summed E-state index contributed by atoms with van der Waals surface area (Å²) in [6.45, 7) is 17.8. The third-order valence-electron chi connectivity index (χ3n) is 3.76. The Morgan fingerprint density at radius 3 is 1.23 bits per heavy atom. The lowest BCUT2D eigenvalue weighted by Gasteiger charge is -2.33. The van der Waals surface area contributed by atoms with Crippen LogP contribution in [0.3, 0.4) is 0 Å². The minimum Gasteiger partial charge on any atom is -0.299 e. The van der Waals surface area contributed by atoms with E-state index in [1.54, 1.807) is 6.92 Å². The highest BCUT2D eigenvalue weighted by Gasteiger charge is 2.41. The van der Waals surface area contributed by atoms with E-state index < -0.39 is 13.1 Å². The first kappa shape index (κ1) is 21.8. The molecule has 0 aliphatic rings. The fourth-order valence-electron chi connectivity index (χ4n) is 2.68. The van der Waals surface area contributed by atoms with Gasteiger partial charge in [0.15, 0.2) is 0 Å². The summed E-state index contributed by atoms with van der Waals surface area (Å²) in [6.07, 6.45) is -0.370. The molecule has 132 valence electrons. The Morgan fingerprint density at radius 1 is 0.773 bits per heavy atom. The smallest absolute Gasteiger partial charge is 0.299 e. The molecule has 0 aromatic carbocycles. The van der Waals surface area contributed by atoms with Gasteiger partial charge in [0.2, 0.25) is 5.52 Å². The summed E-state index contributed by atoms with van der Waals surface area (Å²) in [6, 6.07) is 0. The van der Waals surface area contributed by atoms with Gasteiger partial charge in [-0.25, -0.2) is 0 Å². The summed E-state index contributed by atoms with van der Waals surface area (Å²) in [5.41, 5.74) is -0.426. The Morgan fingerprint density at radius 2 is 1.05 bits per heavy atom. The first-order chi connectivity index (χ1) is 9.96.